The minimum absolute atomic E-state index is 0.117. The molecule has 0 bridgehead atoms. The van der Waals surface area contributed by atoms with Crippen molar-refractivity contribution in [3.05, 3.63) is 59.2 Å². The maximum Gasteiger partial charge on any atom is 0.255 e. The molecular formula is C30H36N8O6. The van der Waals surface area contributed by atoms with Gasteiger partial charge in [-0.15, -0.1) is 0 Å². The van der Waals surface area contributed by atoms with E-state index in [0.29, 0.717) is 59.9 Å². The van der Waals surface area contributed by atoms with Crippen molar-refractivity contribution in [2.75, 3.05) is 38.6 Å². The van der Waals surface area contributed by atoms with Gasteiger partial charge in [0.25, 0.3) is 11.8 Å². The predicted molar refractivity (Wildman–Crippen MR) is 164 cm³/mol. The fourth-order valence-corrected chi connectivity index (χ4v) is 4.89. The highest BCUT2D eigenvalue weighted by Gasteiger charge is 2.39. The second kappa shape index (κ2) is 15.4. The summed E-state index contributed by atoms with van der Waals surface area (Å²) in [5, 5.41) is 14.8. The fourth-order valence-electron chi connectivity index (χ4n) is 4.89. The van der Waals surface area contributed by atoms with Crippen LogP contribution in [0.25, 0.3) is 0 Å². The van der Waals surface area contributed by atoms with Crippen molar-refractivity contribution in [3.63, 3.8) is 0 Å². The number of benzene rings is 2. The summed E-state index contributed by atoms with van der Waals surface area (Å²) in [6.07, 6.45) is 2.80. The van der Waals surface area contributed by atoms with Crippen LogP contribution in [0.2, 0.25) is 0 Å². The van der Waals surface area contributed by atoms with Crippen LogP contribution in [-0.2, 0) is 20.9 Å². The molecule has 14 nitrogen and oxygen atoms in total. The SMILES string of the molecule is COc1cccc(C(=O)NCC(C=NCCNCCCC(=O)Nc2cccc3c2CN(C2CCC(=O)NC2=O)C3=O)=NN)c1. The number of amides is 5. The standard InChI is InChI=1S/C30H36N8O6/c1-44-21-6-2-5-19(15-21)28(41)34-17-20(37-31)16-33-14-13-32-12-4-9-26(39)35-24-8-3-7-22-23(24)18-38(30(22)43)25-10-11-27(40)36-29(25)42/h2-3,5-8,15-16,25,32H,4,9-14,17-18,31H2,1H3,(H,34,41)(H,35,39)(H,36,40,42). The van der Waals surface area contributed by atoms with Crippen LogP contribution in [0.15, 0.2) is 52.6 Å². The Hall–Kier alpha value is -5.11. The van der Waals surface area contributed by atoms with Gasteiger partial charge < -0.3 is 31.4 Å². The second-order valence-corrected chi connectivity index (χ2v) is 10.2. The Bertz CT molecular complexity index is 1470. The van der Waals surface area contributed by atoms with Crippen LogP contribution in [0.5, 0.6) is 5.75 Å². The van der Waals surface area contributed by atoms with Crippen molar-refractivity contribution < 1.29 is 28.7 Å². The van der Waals surface area contributed by atoms with Crippen molar-refractivity contribution in [1.29, 1.82) is 0 Å². The zero-order chi connectivity index (χ0) is 31.5. The third kappa shape index (κ3) is 8.25. The van der Waals surface area contributed by atoms with Crippen molar-refractivity contribution in [1.82, 2.24) is 20.9 Å². The van der Waals surface area contributed by atoms with E-state index in [-0.39, 0.29) is 56.0 Å². The van der Waals surface area contributed by atoms with Crippen molar-refractivity contribution in [3.8, 4) is 5.75 Å². The molecule has 232 valence electrons. The number of fused-ring (bicyclic) bond motifs is 1. The number of piperidine rings is 1. The van der Waals surface area contributed by atoms with E-state index in [2.05, 4.69) is 31.4 Å². The molecule has 1 saturated heterocycles. The maximum atomic E-state index is 13.0. The van der Waals surface area contributed by atoms with E-state index in [9.17, 15) is 24.0 Å². The predicted octanol–water partition coefficient (Wildman–Crippen LogP) is 0.580. The molecule has 0 aromatic heterocycles. The van der Waals surface area contributed by atoms with Gasteiger partial charge in [0, 0.05) is 54.5 Å². The highest BCUT2D eigenvalue weighted by atomic mass is 16.5. The monoisotopic (exact) mass is 604 g/mol. The molecule has 2 aromatic rings. The zero-order valence-electron chi connectivity index (χ0n) is 24.4. The van der Waals surface area contributed by atoms with Gasteiger partial charge in [-0.1, -0.05) is 12.1 Å². The molecule has 0 radical (unpaired) electrons. The number of carbonyl (C=O) groups is 5. The highest BCUT2D eigenvalue weighted by molar-refractivity contribution is 6.32. The number of aliphatic imine (C=N–C) groups is 1. The average Bonchev–Trinajstić information content (AvgIpc) is 3.36. The summed E-state index contributed by atoms with van der Waals surface area (Å²) in [4.78, 5) is 67.4. The van der Waals surface area contributed by atoms with E-state index in [1.165, 1.54) is 18.2 Å². The molecule has 2 heterocycles. The van der Waals surface area contributed by atoms with Crippen LogP contribution in [0, 0.1) is 0 Å². The zero-order valence-corrected chi connectivity index (χ0v) is 24.4. The van der Waals surface area contributed by atoms with Crippen LogP contribution in [0.1, 0.15) is 52.0 Å². The molecule has 4 rings (SSSR count). The van der Waals surface area contributed by atoms with Gasteiger partial charge in [-0.05, 0) is 49.7 Å². The van der Waals surface area contributed by atoms with E-state index >= 15 is 0 Å². The van der Waals surface area contributed by atoms with Crippen LogP contribution >= 0.6 is 0 Å². The second-order valence-electron chi connectivity index (χ2n) is 10.2. The number of rotatable bonds is 14. The number of anilines is 1. The summed E-state index contributed by atoms with van der Waals surface area (Å²) in [6, 6.07) is 11.2. The lowest BCUT2D eigenvalue weighted by atomic mass is 10.0. The molecular weight excluding hydrogens is 568 g/mol. The first-order chi connectivity index (χ1) is 21.3. The van der Waals surface area contributed by atoms with Crippen molar-refractivity contribution in [2.24, 2.45) is 15.9 Å². The molecule has 2 aliphatic heterocycles. The van der Waals surface area contributed by atoms with E-state index in [0.717, 1.165) is 0 Å². The molecule has 6 N–H and O–H groups in total. The number of methoxy groups -OCH3 is 1. The van der Waals surface area contributed by atoms with Crippen LogP contribution in [0.4, 0.5) is 5.69 Å². The molecule has 44 heavy (non-hydrogen) atoms. The van der Waals surface area contributed by atoms with E-state index in [4.69, 9.17) is 10.6 Å². The Kier molecular flexibility index (Phi) is 11.1. The van der Waals surface area contributed by atoms with Gasteiger partial charge in [0.2, 0.25) is 17.7 Å². The van der Waals surface area contributed by atoms with Crippen LogP contribution in [0.3, 0.4) is 0 Å². The molecule has 0 saturated carbocycles. The summed E-state index contributed by atoms with van der Waals surface area (Å²) in [7, 11) is 1.53. The summed E-state index contributed by atoms with van der Waals surface area (Å²) >= 11 is 0. The first kappa shape index (κ1) is 31.8. The van der Waals surface area contributed by atoms with Gasteiger partial charge in [0.05, 0.1) is 25.9 Å². The number of hydrogen-bond donors (Lipinski definition) is 5. The summed E-state index contributed by atoms with van der Waals surface area (Å²) in [5.41, 5.74) is 2.50. The largest absolute Gasteiger partial charge is 0.497 e. The topological polar surface area (TPSA) is 197 Å². The number of hydrogen-bond acceptors (Lipinski definition) is 10. The lowest BCUT2D eigenvalue weighted by Crippen LogP contribution is -2.52. The number of ether oxygens (including phenoxy) is 1. The highest BCUT2D eigenvalue weighted by Crippen LogP contribution is 2.32. The summed E-state index contributed by atoms with van der Waals surface area (Å²) in [5.74, 6) is 4.41. The molecule has 2 aliphatic rings. The third-order valence-electron chi connectivity index (χ3n) is 7.20. The smallest absolute Gasteiger partial charge is 0.255 e. The number of nitrogens with two attached hydrogens (primary N) is 1. The molecule has 0 aliphatic carbocycles. The number of nitrogens with one attached hydrogen (secondary N) is 4. The number of imide groups is 1. The molecule has 2 aromatic carbocycles. The van der Waals surface area contributed by atoms with Crippen LogP contribution < -0.4 is 31.8 Å². The first-order valence-corrected chi connectivity index (χ1v) is 14.3. The maximum absolute atomic E-state index is 13.0. The number of hydrazone groups is 1. The molecule has 14 heteroatoms. The lowest BCUT2D eigenvalue weighted by molar-refractivity contribution is -0.137. The normalized spacial score (nSPS) is 16.6. The molecule has 5 amide bonds. The lowest BCUT2D eigenvalue weighted by Gasteiger charge is -2.29. The molecule has 1 fully saturated rings. The summed E-state index contributed by atoms with van der Waals surface area (Å²) < 4.78 is 5.13. The Morgan fingerprint density at radius 1 is 1.16 bits per heavy atom. The van der Waals surface area contributed by atoms with E-state index < -0.39 is 11.9 Å². The average molecular weight is 605 g/mol. The van der Waals surface area contributed by atoms with Crippen LogP contribution in [-0.4, -0.2) is 85.7 Å². The quantitative estimate of drug-likeness (QED) is 0.0678. The van der Waals surface area contributed by atoms with E-state index in [1.54, 1.807) is 42.5 Å². The molecule has 1 unspecified atom stereocenters. The minimum Gasteiger partial charge on any atom is -0.497 e. The van der Waals surface area contributed by atoms with Gasteiger partial charge in [-0.25, -0.2) is 0 Å². The Morgan fingerprint density at radius 2 is 1.98 bits per heavy atom. The number of carbonyl (C=O) groups excluding carboxylic acids is 5. The third-order valence-corrected chi connectivity index (χ3v) is 7.20. The fraction of sp³-hybridized carbons (Fsp3) is 0.367. The van der Waals surface area contributed by atoms with Gasteiger partial charge in [0.15, 0.2) is 0 Å². The van der Waals surface area contributed by atoms with Gasteiger partial charge in [-0.2, -0.15) is 5.10 Å². The first-order valence-electron chi connectivity index (χ1n) is 14.3. The van der Waals surface area contributed by atoms with Gasteiger partial charge >= 0.3 is 0 Å². The Balaban J connectivity index is 1.13. The molecule has 0 spiro atoms. The summed E-state index contributed by atoms with van der Waals surface area (Å²) in [6.45, 7) is 1.90. The van der Waals surface area contributed by atoms with Gasteiger partial charge in [-0.3, -0.25) is 34.3 Å². The minimum atomic E-state index is -0.716. The Labute approximate surface area is 254 Å². The van der Waals surface area contributed by atoms with Gasteiger partial charge in [0.1, 0.15) is 11.8 Å². The molecule has 1 atom stereocenters. The Morgan fingerprint density at radius 3 is 2.75 bits per heavy atom. The van der Waals surface area contributed by atoms with Crippen molar-refractivity contribution >= 4 is 47.1 Å². The van der Waals surface area contributed by atoms with Crippen molar-refractivity contribution in [2.45, 2.75) is 38.3 Å². The number of nitrogens with zero attached hydrogens (tertiary/aromatic N) is 3. The van der Waals surface area contributed by atoms with E-state index in [1.807, 2.05) is 0 Å².